The first kappa shape index (κ1) is 29.3. The third kappa shape index (κ3) is 9.22. The molecule has 0 aliphatic carbocycles. The first-order chi connectivity index (χ1) is 16.5. The number of phosphoric acid groups is 1. The fourth-order valence-corrected chi connectivity index (χ4v) is 4.29. The van der Waals surface area contributed by atoms with Crippen molar-refractivity contribution in [2.75, 3.05) is 19.8 Å². The standard InChI is InChI=1S/C21H30F3N2O8P/c1-3-5-6-7-8-9-11-32-35(29,30)33-14-17-16(31-10-4-2)12-18(34-17)26-13-15(21(22,23)24)19(27)25-20(26)28/h2,13,16-18H,3,5-12,14H2,1H3,(H,29,30)(H,25,27,28)/t16-,17+,18+/m0/s1. The average Bonchev–Trinajstić information content (AvgIpc) is 3.17. The predicted molar refractivity (Wildman–Crippen MR) is 119 cm³/mol. The van der Waals surface area contributed by atoms with Crippen LogP contribution in [-0.4, -0.2) is 46.5 Å². The van der Waals surface area contributed by atoms with Gasteiger partial charge >= 0.3 is 19.7 Å². The van der Waals surface area contributed by atoms with Crippen molar-refractivity contribution >= 4 is 7.82 Å². The SMILES string of the molecule is C#CCO[C@H]1C[C@H](n2cc(C(F)(F)F)c(=O)[nH]c2=O)O[C@@H]1COP(=O)(O)OCCCCCCCC. The number of ether oxygens (including phenoxy) is 2. The summed E-state index contributed by atoms with van der Waals surface area (Å²) in [4.78, 5) is 35.2. The molecule has 1 aromatic heterocycles. The minimum atomic E-state index is -5.00. The number of nitrogens with one attached hydrogen (secondary N) is 1. The van der Waals surface area contributed by atoms with E-state index in [0.717, 1.165) is 32.1 Å². The van der Waals surface area contributed by atoms with Crippen molar-refractivity contribution in [3.8, 4) is 12.3 Å². The summed E-state index contributed by atoms with van der Waals surface area (Å²) in [6.07, 6.45) is 2.90. The second-order valence-corrected chi connectivity index (χ2v) is 9.44. The second kappa shape index (κ2) is 13.4. The molecule has 1 aliphatic rings. The van der Waals surface area contributed by atoms with E-state index in [1.807, 2.05) is 0 Å². The second-order valence-electron chi connectivity index (χ2n) is 7.99. The van der Waals surface area contributed by atoms with Crippen molar-refractivity contribution in [2.24, 2.45) is 0 Å². The van der Waals surface area contributed by atoms with Crippen molar-refractivity contribution < 1.29 is 41.2 Å². The number of unbranched alkanes of at least 4 members (excludes halogenated alkanes) is 5. The number of rotatable bonds is 14. The highest BCUT2D eigenvalue weighted by Gasteiger charge is 2.41. The zero-order valence-electron chi connectivity index (χ0n) is 19.3. The molecular formula is C21H30F3N2O8P. The highest BCUT2D eigenvalue weighted by atomic mass is 31.2. The van der Waals surface area contributed by atoms with E-state index in [9.17, 15) is 32.2 Å². The fraction of sp³-hybridized carbons (Fsp3) is 0.714. The van der Waals surface area contributed by atoms with Crippen molar-refractivity contribution in [1.82, 2.24) is 9.55 Å². The molecule has 1 saturated heterocycles. The molecule has 0 saturated carbocycles. The molecule has 2 heterocycles. The van der Waals surface area contributed by atoms with Crippen LogP contribution in [0.15, 0.2) is 15.8 Å². The Balaban J connectivity index is 2.02. The number of phosphoric ester groups is 1. The Hall–Kier alpha value is -1.94. The van der Waals surface area contributed by atoms with Gasteiger partial charge in [0.05, 0.1) is 19.3 Å². The van der Waals surface area contributed by atoms with Crippen molar-refractivity contribution in [1.29, 1.82) is 0 Å². The number of terminal acetylenes is 1. The smallest absolute Gasteiger partial charge is 0.363 e. The lowest BCUT2D eigenvalue weighted by atomic mass is 10.1. The topological polar surface area (TPSA) is 129 Å². The lowest BCUT2D eigenvalue weighted by molar-refractivity contribution is -0.139. The van der Waals surface area contributed by atoms with E-state index in [-0.39, 0.29) is 19.6 Å². The fourth-order valence-electron chi connectivity index (χ4n) is 3.52. The summed E-state index contributed by atoms with van der Waals surface area (Å²) in [6, 6.07) is 0. The summed E-state index contributed by atoms with van der Waals surface area (Å²) in [5.74, 6) is 2.23. The third-order valence-electron chi connectivity index (χ3n) is 5.30. The van der Waals surface area contributed by atoms with Gasteiger partial charge in [-0.15, -0.1) is 6.42 Å². The predicted octanol–water partition coefficient (Wildman–Crippen LogP) is 3.36. The molecule has 1 fully saturated rings. The van der Waals surface area contributed by atoms with Crippen LogP contribution < -0.4 is 11.2 Å². The first-order valence-electron chi connectivity index (χ1n) is 11.2. The summed E-state index contributed by atoms with van der Waals surface area (Å²) in [5.41, 5.74) is -4.29. The molecule has 1 unspecified atom stereocenters. The molecular weight excluding hydrogens is 496 g/mol. The van der Waals surface area contributed by atoms with Crippen LogP contribution in [0.3, 0.4) is 0 Å². The summed E-state index contributed by atoms with van der Waals surface area (Å²) in [6.45, 7) is 1.41. The number of halogens is 3. The quantitative estimate of drug-likeness (QED) is 0.215. The van der Waals surface area contributed by atoms with Gasteiger partial charge in [0.25, 0.3) is 5.56 Å². The van der Waals surface area contributed by atoms with Crippen molar-refractivity contribution in [3.63, 3.8) is 0 Å². The maximum absolute atomic E-state index is 13.1. The van der Waals surface area contributed by atoms with Crippen LogP contribution in [0.5, 0.6) is 0 Å². The molecule has 0 bridgehead atoms. The van der Waals surface area contributed by atoms with Gasteiger partial charge < -0.3 is 14.4 Å². The number of hydrogen-bond donors (Lipinski definition) is 2. The molecule has 10 nitrogen and oxygen atoms in total. The molecule has 1 aromatic rings. The Morgan fingerprint density at radius 1 is 1.26 bits per heavy atom. The molecule has 4 atom stereocenters. The minimum Gasteiger partial charge on any atom is -0.363 e. The molecule has 0 aromatic carbocycles. The normalized spacial score (nSPS) is 22.1. The lowest BCUT2D eigenvalue weighted by Crippen LogP contribution is -2.36. The van der Waals surface area contributed by atoms with Crippen LogP contribution in [-0.2, 0) is 29.3 Å². The van der Waals surface area contributed by atoms with Gasteiger partial charge in [0.15, 0.2) is 0 Å². The average molecular weight is 526 g/mol. The number of aromatic amines is 1. The summed E-state index contributed by atoms with van der Waals surface area (Å²) < 4.78 is 73.0. The first-order valence-corrected chi connectivity index (χ1v) is 12.7. The minimum absolute atomic E-state index is 0.0120. The van der Waals surface area contributed by atoms with E-state index in [1.54, 1.807) is 4.98 Å². The molecule has 14 heteroatoms. The van der Waals surface area contributed by atoms with E-state index in [0.29, 0.717) is 17.2 Å². The van der Waals surface area contributed by atoms with Crippen LogP contribution in [0.2, 0.25) is 0 Å². The molecule has 0 amide bonds. The zero-order chi connectivity index (χ0) is 26.1. The maximum atomic E-state index is 13.1. The van der Waals surface area contributed by atoms with Crippen LogP contribution in [0.1, 0.15) is 63.7 Å². The maximum Gasteiger partial charge on any atom is 0.472 e. The molecule has 2 N–H and O–H groups in total. The van der Waals surface area contributed by atoms with Crippen LogP contribution >= 0.6 is 7.82 Å². The molecule has 35 heavy (non-hydrogen) atoms. The molecule has 1 aliphatic heterocycles. The Kier molecular flexibility index (Phi) is 11.2. The Morgan fingerprint density at radius 2 is 1.94 bits per heavy atom. The van der Waals surface area contributed by atoms with Gasteiger partial charge in [0.2, 0.25) is 0 Å². The Labute approximate surface area is 200 Å². The lowest BCUT2D eigenvalue weighted by Gasteiger charge is -2.20. The molecule has 0 radical (unpaired) electrons. The summed E-state index contributed by atoms with van der Waals surface area (Å²) >= 11 is 0. The van der Waals surface area contributed by atoms with Crippen LogP contribution in [0.25, 0.3) is 0 Å². The highest BCUT2D eigenvalue weighted by molar-refractivity contribution is 7.47. The summed E-state index contributed by atoms with van der Waals surface area (Å²) in [7, 11) is -4.44. The Bertz CT molecular complexity index is 1020. The van der Waals surface area contributed by atoms with Crippen LogP contribution in [0, 0.1) is 12.3 Å². The van der Waals surface area contributed by atoms with Gasteiger partial charge in [0, 0.05) is 12.6 Å². The third-order valence-corrected chi connectivity index (χ3v) is 6.28. The monoisotopic (exact) mass is 526 g/mol. The van der Waals surface area contributed by atoms with Gasteiger partial charge in [0.1, 0.15) is 24.5 Å². The number of nitrogens with zero attached hydrogens (tertiary/aromatic N) is 1. The van der Waals surface area contributed by atoms with Gasteiger partial charge in [-0.05, 0) is 6.42 Å². The van der Waals surface area contributed by atoms with Gasteiger partial charge in [-0.2, -0.15) is 13.2 Å². The van der Waals surface area contributed by atoms with Crippen molar-refractivity contribution in [2.45, 2.75) is 76.5 Å². The van der Waals surface area contributed by atoms with Gasteiger partial charge in [-0.25, -0.2) is 9.36 Å². The number of alkyl halides is 3. The van der Waals surface area contributed by atoms with Crippen LogP contribution in [0.4, 0.5) is 13.2 Å². The largest absolute Gasteiger partial charge is 0.472 e. The van der Waals surface area contributed by atoms with E-state index in [2.05, 4.69) is 12.8 Å². The van der Waals surface area contributed by atoms with Gasteiger partial charge in [-0.3, -0.25) is 23.4 Å². The number of H-pyrrole nitrogens is 1. The Morgan fingerprint density at radius 3 is 2.60 bits per heavy atom. The number of hydrogen-bond acceptors (Lipinski definition) is 7. The van der Waals surface area contributed by atoms with E-state index < -0.39 is 55.9 Å². The van der Waals surface area contributed by atoms with Gasteiger partial charge in [-0.1, -0.05) is 44.9 Å². The number of aromatic nitrogens is 2. The van der Waals surface area contributed by atoms with E-state index in [4.69, 9.17) is 24.9 Å². The molecule has 0 spiro atoms. The molecule has 198 valence electrons. The van der Waals surface area contributed by atoms with E-state index >= 15 is 0 Å². The summed E-state index contributed by atoms with van der Waals surface area (Å²) in [5, 5.41) is 0. The van der Waals surface area contributed by atoms with Crippen molar-refractivity contribution in [3.05, 3.63) is 32.6 Å². The van der Waals surface area contributed by atoms with E-state index in [1.165, 1.54) is 0 Å². The highest BCUT2D eigenvalue weighted by Crippen LogP contribution is 2.44. The zero-order valence-corrected chi connectivity index (χ0v) is 20.2. The molecule has 2 rings (SSSR count).